The predicted molar refractivity (Wildman–Crippen MR) is 81.8 cm³/mol. The van der Waals surface area contributed by atoms with Gasteiger partial charge in [0.2, 0.25) is 5.91 Å². The molecule has 2 unspecified atom stereocenters. The second-order valence-corrected chi connectivity index (χ2v) is 5.35. The van der Waals surface area contributed by atoms with Gasteiger partial charge in [-0.05, 0) is 44.4 Å². The molecule has 0 radical (unpaired) electrons. The Bertz CT molecular complexity index is 403. The van der Waals surface area contributed by atoms with E-state index in [1.807, 2.05) is 19.1 Å². The molecule has 3 N–H and O–H groups in total. The number of amides is 1. The van der Waals surface area contributed by atoms with Crippen molar-refractivity contribution in [1.29, 1.82) is 0 Å². The van der Waals surface area contributed by atoms with E-state index in [-0.39, 0.29) is 17.7 Å². The maximum atomic E-state index is 11.6. The van der Waals surface area contributed by atoms with Gasteiger partial charge in [0.15, 0.2) is 0 Å². The van der Waals surface area contributed by atoms with Gasteiger partial charge in [0, 0.05) is 25.0 Å². The monoisotopic (exact) mass is 278 g/mol. The van der Waals surface area contributed by atoms with Crippen LogP contribution in [0, 0.1) is 0 Å². The minimum atomic E-state index is 0.101. The molecule has 4 nitrogen and oxygen atoms in total. The number of nitrogens with one attached hydrogen (secondary N) is 2. The Morgan fingerprint density at radius 1 is 1.20 bits per heavy atom. The van der Waals surface area contributed by atoms with Crippen LogP contribution < -0.4 is 10.6 Å². The number of hydrogen-bond donors (Lipinski definition) is 3. The molecule has 0 aromatic heterocycles. The van der Waals surface area contributed by atoms with Crippen LogP contribution in [-0.2, 0) is 11.2 Å². The lowest BCUT2D eigenvalue weighted by atomic mass is 10.1. The zero-order chi connectivity index (χ0) is 15.0. The molecule has 0 aliphatic carbocycles. The number of phenolic OH excluding ortho intramolecular Hbond substituents is 1. The van der Waals surface area contributed by atoms with Crippen molar-refractivity contribution < 1.29 is 9.90 Å². The molecular weight excluding hydrogens is 252 g/mol. The Balaban J connectivity index is 2.21. The first-order chi connectivity index (χ1) is 9.51. The molecule has 0 aliphatic rings. The van der Waals surface area contributed by atoms with E-state index in [9.17, 15) is 9.90 Å². The zero-order valence-electron chi connectivity index (χ0n) is 12.6. The summed E-state index contributed by atoms with van der Waals surface area (Å²) in [5.41, 5.74) is 1.17. The Morgan fingerprint density at radius 3 is 2.45 bits per heavy atom. The van der Waals surface area contributed by atoms with Gasteiger partial charge < -0.3 is 15.7 Å². The van der Waals surface area contributed by atoms with Crippen LogP contribution in [-0.4, -0.2) is 29.6 Å². The van der Waals surface area contributed by atoms with E-state index in [0.717, 1.165) is 12.8 Å². The topological polar surface area (TPSA) is 61.4 Å². The summed E-state index contributed by atoms with van der Waals surface area (Å²) in [7, 11) is 0. The Hall–Kier alpha value is -1.55. The lowest BCUT2D eigenvalue weighted by Crippen LogP contribution is -2.36. The first-order valence-electron chi connectivity index (χ1n) is 7.32. The van der Waals surface area contributed by atoms with Crippen LogP contribution in [0.4, 0.5) is 0 Å². The molecule has 2 atom stereocenters. The molecule has 4 heteroatoms. The number of hydrogen-bond acceptors (Lipinski definition) is 3. The molecule has 112 valence electrons. The van der Waals surface area contributed by atoms with Crippen LogP contribution in [0.5, 0.6) is 5.75 Å². The van der Waals surface area contributed by atoms with Crippen molar-refractivity contribution in [3.63, 3.8) is 0 Å². The van der Waals surface area contributed by atoms with Crippen molar-refractivity contribution in [3.05, 3.63) is 29.8 Å². The Labute approximate surface area is 121 Å². The highest BCUT2D eigenvalue weighted by Gasteiger charge is 2.07. The van der Waals surface area contributed by atoms with Crippen molar-refractivity contribution in [2.75, 3.05) is 6.54 Å². The molecule has 1 aromatic carbocycles. The average Bonchev–Trinajstić information content (AvgIpc) is 2.41. The smallest absolute Gasteiger partial charge is 0.221 e. The fraction of sp³-hybridized carbons (Fsp3) is 0.562. The van der Waals surface area contributed by atoms with Gasteiger partial charge in [0.05, 0.1) is 0 Å². The summed E-state index contributed by atoms with van der Waals surface area (Å²) in [6.07, 6.45) is 2.34. The maximum Gasteiger partial charge on any atom is 0.221 e. The molecule has 0 saturated carbocycles. The molecular formula is C16H26N2O2. The van der Waals surface area contributed by atoms with Crippen molar-refractivity contribution >= 4 is 5.91 Å². The van der Waals surface area contributed by atoms with Crippen LogP contribution in [0.25, 0.3) is 0 Å². The van der Waals surface area contributed by atoms with Crippen molar-refractivity contribution in [2.24, 2.45) is 0 Å². The van der Waals surface area contributed by atoms with E-state index < -0.39 is 0 Å². The second-order valence-electron chi connectivity index (χ2n) is 5.35. The van der Waals surface area contributed by atoms with Crippen molar-refractivity contribution in [3.8, 4) is 5.75 Å². The first-order valence-corrected chi connectivity index (χ1v) is 7.32. The van der Waals surface area contributed by atoms with Crippen LogP contribution in [0.3, 0.4) is 0 Å². The van der Waals surface area contributed by atoms with Gasteiger partial charge in [-0.1, -0.05) is 19.1 Å². The number of rotatable bonds is 8. The van der Waals surface area contributed by atoms with Crippen LogP contribution in [0.15, 0.2) is 24.3 Å². The summed E-state index contributed by atoms with van der Waals surface area (Å²) in [5, 5.41) is 15.5. The Morgan fingerprint density at radius 2 is 1.85 bits per heavy atom. The van der Waals surface area contributed by atoms with Crippen LogP contribution in [0.1, 0.15) is 39.2 Å². The number of benzene rings is 1. The molecule has 0 aliphatic heterocycles. The van der Waals surface area contributed by atoms with Gasteiger partial charge in [0.25, 0.3) is 0 Å². The van der Waals surface area contributed by atoms with Gasteiger partial charge in [-0.3, -0.25) is 4.79 Å². The summed E-state index contributed by atoms with van der Waals surface area (Å²) < 4.78 is 0. The molecule has 0 saturated heterocycles. The normalized spacial score (nSPS) is 13.8. The van der Waals surface area contributed by atoms with Gasteiger partial charge >= 0.3 is 0 Å². The number of phenols is 1. The molecule has 1 rings (SSSR count). The molecule has 0 bridgehead atoms. The highest BCUT2D eigenvalue weighted by atomic mass is 16.3. The fourth-order valence-corrected chi connectivity index (χ4v) is 1.94. The largest absolute Gasteiger partial charge is 0.508 e. The summed E-state index contributed by atoms with van der Waals surface area (Å²) in [6, 6.07) is 7.78. The zero-order valence-corrected chi connectivity index (χ0v) is 12.6. The first kappa shape index (κ1) is 16.5. The molecule has 0 spiro atoms. The van der Waals surface area contributed by atoms with Gasteiger partial charge in [-0.15, -0.1) is 0 Å². The molecule has 1 amide bonds. The summed E-state index contributed by atoms with van der Waals surface area (Å²) in [6.45, 7) is 6.85. The summed E-state index contributed by atoms with van der Waals surface area (Å²) >= 11 is 0. The Kier molecular flexibility index (Phi) is 7.09. The standard InChI is InChI=1S/C16H26N2O2/c1-4-12(2)18-16(20)9-10-17-13(3)11-14-5-7-15(19)8-6-14/h5-8,12-13,17,19H,4,9-11H2,1-3H3,(H,18,20). The number of carbonyl (C=O) groups excluding carboxylic acids is 1. The lowest BCUT2D eigenvalue weighted by molar-refractivity contribution is -0.121. The fourth-order valence-electron chi connectivity index (χ4n) is 1.94. The van der Waals surface area contributed by atoms with E-state index in [2.05, 4.69) is 24.5 Å². The minimum absolute atomic E-state index is 0.101. The third kappa shape index (κ3) is 6.57. The minimum Gasteiger partial charge on any atom is -0.508 e. The van der Waals surface area contributed by atoms with E-state index in [1.54, 1.807) is 12.1 Å². The van der Waals surface area contributed by atoms with Crippen LogP contribution in [0.2, 0.25) is 0 Å². The van der Waals surface area contributed by atoms with E-state index in [4.69, 9.17) is 0 Å². The maximum absolute atomic E-state index is 11.6. The quantitative estimate of drug-likeness (QED) is 0.683. The molecule has 20 heavy (non-hydrogen) atoms. The second kappa shape index (κ2) is 8.59. The summed E-state index contributed by atoms with van der Waals surface area (Å²) in [5.74, 6) is 0.389. The highest BCUT2D eigenvalue weighted by Crippen LogP contribution is 2.11. The lowest BCUT2D eigenvalue weighted by Gasteiger charge is -2.15. The number of carbonyl (C=O) groups is 1. The third-order valence-electron chi connectivity index (χ3n) is 3.34. The summed E-state index contributed by atoms with van der Waals surface area (Å²) in [4.78, 5) is 11.6. The van der Waals surface area contributed by atoms with Crippen molar-refractivity contribution in [2.45, 2.75) is 52.1 Å². The molecule has 0 heterocycles. The average molecular weight is 278 g/mol. The van der Waals surface area contributed by atoms with E-state index in [1.165, 1.54) is 5.56 Å². The van der Waals surface area contributed by atoms with Crippen molar-refractivity contribution in [1.82, 2.24) is 10.6 Å². The van der Waals surface area contributed by atoms with Gasteiger partial charge in [-0.2, -0.15) is 0 Å². The molecule has 0 fully saturated rings. The van der Waals surface area contributed by atoms with E-state index in [0.29, 0.717) is 19.0 Å². The third-order valence-corrected chi connectivity index (χ3v) is 3.34. The highest BCUT2D eigenvalue weighted by molar-refractivity contribution is 5.76. The van der Waals surface area contributed by atoms with E-state index >= 15 is 0 Å². The number of aromatic hydroxyl groups is 1. The van der Waals surface area contributed by atoms with Gasteiger partial charge in [-0.25, -0.2) is 0 Å². The van der Waals surface area contributed by atoms with Crippen LogP contribution >= 0.6 is 0 Å². The molecule has 1 aromatic rings. The predicted octanol–water partition coefficient (Wildman–Crippen LogP) is 2.22. The van der Waals surface area contributed by atoms with Gasteiger partial charge in [0.1, 0.15) is 5.75 Å². The SMILES string of the molecule is CCC(C)NC(=O)CCNC(C)Cc1ccc(O)cc1.